The second kappa shape index (κ2) is 31.1. The van der Waals surface area contributed by atoms with Crippen molar-refractivity contribution in [3.63, 3.8) is 0 Å². The number of ketones is 1. The van der Waals surface area contributed by atoms with Gasteiger partial charge in [-0.15, -0.1) is 11.8 Å². The van der Waals surface area contributed by atoms with Crippen LogP contribution in [0.5, 0.6) is 17.2 Å². The molecule has 96 heavy (non-hydrogen) atoms. The van der Waals surface area contributed by atoms with Crippen molar-refractivity contribution in [3.05, 3.63) is 174 Å². The largest absolute Gasteiger partial charge is 0.493 e. The highest BCUT2D eigenvalue weighted by molar-refractivity contribution is 8.03. The third-order valence-electron chi connectivity index (χ3n) is 17.8. The summed E-state index contributed by atoms with van der Waals surface area (Å²) in [6, 6.07) is 26.6. The second-order valence-electron chi connectivity index (χ2n) is 24.6. The fourth-order valence-corrected chi connectivity index (χ4v) is 13.6. The molecule has 0 radical (unpaired) electrons. The Morgan fingerprint density at radius 3 is 2.09 bits per heavy atom. The van der Waals surface area contributed by atoms with Gasteiger partial charge in [0.2, 0.25) is 17.6 Å². The molecule has 4 heterocycles. The minimum absolute atomic E-state index is 0.000387. The number of piperidine rings is 1. The summed E-state index contributed by atoms with van der Waals surface area (Å²) in [5.41, 5.74) is 1.38. The molecule has 5 aromatic rings. The van der Waals surface area contributed by atoms with Crippen LogP contribution in [0.2, 0.25) is 0 Å². The third-order valence-corrected chi connectivity index (χ3v) is 19.3. The number of thioether (sulfide) groups is 1. The number of β-lactam (4-membered cyclic amide) rings is 1. The van der Waals surface area contributed by atoms with Crippen LogP contribution in [0.25, 0.3) is 0 Å². The molecule has 3 fully saturated rings. The third kappa shape index (κ3) is 16.2. The first-order valence-corrected chi connectivity index (χ1v) is 32.5. The second-order valence-corrected chi connectivity index (χ2v) is 25.9. The lowest BCUT2D eigenvalue weighted by atomic mass is 9.79. The molecule has 2 unspecified atom stereocenters. The molecule has 0 spiro atoms. The Kier molecular flexibility index (Phi) is 22.8. The first-order valence-electron chi connectivity index (χ1n) is 31.6. The molecule has 0 aliphatic carbocycles. The number of nitrogens with one attached hydrogen (secondary N) is 2. The van der Waals surface area contributed by atoms with E-state index in [1.54, 1.807) is 63.2 Å². The number of nitrogens with zero attached hydrogens (tertiary/aromatic N) is 5. The maximum atomic E-state index is 14.5. The van der Waals surface area contributed by atoms with E-state index in [0.29, 0.717) is 77.4 Å². The molecule has 4 aliphatic heterocycles. The Balaban J connectivity index is 0.869. The molecule has 27 heteroatoms. The van der Waals surface area contributed by atoms with Gasteiger partial charge in [0.15, 0.2) is 11.5 Å². The zero-order chi connectivity index (χ0) is 69.1. The van der Waals surface area contributed by atoms with Gasteiger partial charge in [0.05, 0.1) is 48.7 Å². The van der Waals surface area contributed by atoms with Crippen LogP contribution in [0.15, 0.2) is 126 Å². The van der Waals surface area contributed by atoms with Gasteiger partial charge in [-0.2, -0.15) is 0 Å². The summed E-state index contributed by atoms with van der Waals surface area (Å²) < 4.78 is 34.8. The van der Waals surface area contributed by atoms with Gasteiger partial charge in [0.25, 0.3) is 23.2 Å². The lowest BCUT2D eigenvalue weighted by Crippen LogP contribution is -2.63. The van der Waals surface area contributed by atoms with E-state index in [1.165, 1.54) is 108 Å². The summed E-state index contributed by atoms with van der Waals surface area (Å²) in [4.78, 5) is 137. The van der Waals surface area contributed by atoms with Crippen LogP contribution >= 0.6 is 11.8 Å². The molecule has 508 valence electrons. The van der Waals surface area contributed by atoms with Crippen LogP contribution in [-0.4, -0.2) is 147 Å². The summed E-state index contributed by atoms with van der Waals surface area (Å²) in [6.45, 7) is 8.09. The number of fused-ring (bicyclic) bond motifs is 1. The number of aliphatic hydroxyl groups excluding tert-OH is 1. The smallest absolute Gasteiger partial charge is 0.410 e. The number of esters is 2. The van der Waals surface area contributed by atoms with Gasteiger partial charge in [-0.3, -0.25) is 49.1 Å². The number of non-ortho nitro benzene ring substituents is 2. The van der Waals surface area contributed by atoms with Crippen LogP contribution in [0.1, 0.15) is 112 Å². The lowest BCUT2D eigenvalue weighted by Gasteiger charge is -2.46. The van der Waals surface area contributed by atoms with Gasteiger partial charge >= 0.3 is 18.0 Å². The first kappa shape index (κ1) is 70.4. The molecule has 3 N–H and O–H groups in total. The van der Waals surface area contributed by atoms with Gasteiger partial charge in [-0.05, 0) is 141 Å². The van der Waals surface area contributed by atoms with Crippen molar-refractivity contribution < 1.29 is 81.7 Å². The Bertz CT molecular complexity index is 3800. The number of methoxy groups -OCH3 is 2. The molecule has 0 saturated carbocycles. The summed E-state index contributed by atoms with van der Waals surface area (Å²) in [5.74, 6) is -4.33. The molecule has 0 aromatic heterocycles. The average Bonchev–Trinajstić information content (AvgIpc) is 1.55. The molecular formula is C69H77N7O19S. The quantitative estimate of drug-likeness (QED) is 0.00798. The maximum Gasteiger partial charge on any atom is 0.410 e. The van der Waals surface area contributed by atoms with Gasteiger partial charge in [0, 0.05) is 70.1 Å². The average molecular weight is 1340 g/mol. The molecule has 8 atom stereocenters. The number of aliphatic hydroxyl groups is 1. The predicted molar refractivity (Wildman–Crippen MR) is 349 cm³/mol. The number of hydrogen-bond donors (Lipinski definition) is 3. The van der Waals surface area contributed by atoms with Crippen LogP contribution in [0.4, 0.5) is 21.9 Å². The number of aryl methyl sites for hydroxylation is 1. The van der Waals surface area contributed by atoms with Gasteiger partial charge in [-0.25, -0.2) is 14.4 Å². The first-order chi connectivity index (χ1) is 45.9. The number of amides is 5. The van der Waals surface area contributed by atoms with E-state index in [-0.39, 0.29) is 74.2 Å². The van der Waals surface area contributed by atoms with Crippen LogP contribution in [-0.2, 0) is 62.6 Å². The molecule has 9 rings (SSSR count). The van der Waals surface area contributed by atoms with Crippen molar-refractivity contribution in [1.82, 2.24) is 20.0 Å². The topological polar surface area (TPSA) is 332 Å². The number of ether oxygens (including phenoxy) is 6. The van der Waals surface area contributed by atoms with Gasteiger partial charge in [-0.1, -0.05) is 52.0 Å². The summed E-state index contributed by atoms with van der Waals surface area (Å²) in [7, 11) is 3.07. The highest BCUT2D eigenvalue weighted by Crippen LogP contribution is 2.53. The van der Waals surface area contributed by atoms with Gasteiger partial charge < -0.3 is 54.0 Å². The predicted octanol–water partition coefficient (Wildman–Crippen LogP) is 9.20. The van der Waals surface area contributed by atoms with Crippen LogP contribution < -0.4 is 24.8 Å². The van der Waals surface area contributed by atoms with Crippen molar-refractivity contribution in [2.24, 2.45) is 17.3 Å². The van der Waals surface area contributed by atoms with Gasteiger partial charge in [0.1, 0.15) is 49.5 Å². The minimum atomic E-state index is -1.20. The van der Waals surface area contributed by atoms with Crippen molar-refractivity contribution in [2.75, 3.05) is 45.8 Å². The number of likely N-dealkylation sites (tertiary alicyclic amines) is 2. The number of nitro benzene ring substituents is 2. The Morgan fingerprint density at radius 2 is 1.45 bits per heavy atom. The number of nitro groups is 2. The molecule has 3 saturated heterocycles. The molecule has 5 aromatic carbocycles. The van der Waals surface area contributed by atoms with Crippen LogP contribution in [0, 0.1) is 37.5 Å². The molecule has 4 aliphatic rings. The number of carbonyl (C=O) groups is 8. The number of Topliss-reactive ketones (excluding diaryl/α,β-unsaturated/α-hetero) is 1. The minimum Gasteiger partial charge on any atom is -0.493 e. The lowest BCUT2D eigenvalue weighted by molar-refractivity contribution is -0.385. The fraction of sp³-hybridized carbons (Fsp3) is 0.420. The number of rotatable bonds is 28. The summed E-state index contributed by atoms with van der Waals surface area (Å²) in [6.07, 6.45) is 0.0183. The van der Waals surface area contributed by atoms with Crippen LogP contribution in [0.3, 0.4) is 0 Å². The maximum absolute atomic E-state index is 14.5. The normalized spacial score (nSPS) is 19.6. The molecule has 5 amide bonds. The Morgan fingerprint density at radius 1 is 0.792 bits per heavy atom. The standard InChI is InChI=1S/C69H77N7O19S/c1-8-69(4,5)61(78)65(82)72-31-10-9-17-52(72)66(83)95-54(28-22-42-23-29-55(90-6)56(33-42)91-7)45-13-12-16-50(35-45)92-32-30-70-62(79)46-14-11-15-47(34-46)71-63(80)53-36-51(37-73(53)68(85)94-39-44-20-26-49(27-21-44)76(88)89)96-60-40(2)58-57(41(3)77)64(81)74(58)59(60)67(84)93-38-43-18-24-48(25-19-43)75(86)87/h11-16,18-21,23-27,29,33-35,40-41,51-54,57-58,77H,8-10,17,22,28,30-32,36-39H2,1-7H3,(H,70,79)(H,71,80)/t40-,41-,51+,52?,53?,54+,57-,58-/m1/s1. The van der Waals surface area contributed by atoms with E-state index in [1.807, 2.05) is 19.1 Å². The monoisotopic (exact) mass is 1340 g/mol. The number of hydrogen-bond acceptors (Lipinski definition) is 20. The number of carbonyl (C=O) groups excluding carboxylic acids is 8. The molecule has 26 nitrogen and oxygen atoms in total. The van der Waals surface area contributed by atoms with Crippen molar-refractivity contribution in [2.45, 2.75) is 128 Å². The summed E-state index contributed by atoms with van der Waals surface area (Å²) >= 11 is 1.17. The van der Waals surface area contributed by atoms with Crippen molar-refractivity contribution >= 4 is 76.3 Å². The molecular weight excluding hydrogens is 1260 g/mol. The van der Waals surface area contributed by atoms with E-state index in [0.717, 1.165) is 5.56 Å². The highest BCUT2D eigenvalue weighted by atomic mass is 32.2. The zero-order valence-corrected chi connectivity index (χ0v) is 55.0. The number of anilines is 1. The van der Waals surface area contributed by atoms with Crippen molar-refractivity contribution in [1.29, 1.82) is 0 Å². The summed E-state index contributed by atoms with van der Waals surface area (Å²) in [5, 5.41) is 38.3. The van der Waals surface area contributed by atoms with E-state index in [9.17, 15) is 63.7 Å². The number of benzene rings is 5. The highest BCUT2D eigenvalue weighted by Gasteiger charge is 2.61. The molecule has 0 bridgehead atoms. The Hall–Kier alpha value is -9.89. The van der Waals surface area contributed by atoms with Crippen molar-refractivity contribution in [3.8, 4) is 17.2 Å². The SMILES string of the molecule is CCC(C)(C)C(=O)C(=O)N1CCCCC1C(=O)O[C@@H](CCc1ccc(OC)c(OC)c1)c1cccc(OCCNC(=O)c2cccc(NC(=O)C3C[C@H](SC4=C(C(=O)OCc5ccc([N+](=O)[O-])cc5)N5C(=O)[C@H]([C@@H](C)O)[C@H]5[C@H]4C)CN3C(=O)OCc3ccc([N+](=O)[O-])cc3)c2)c1. The van der Waals surface area contributed by atoms with E-state index >= 15 is 0 Å². The zero-order valence-electron chi connectivity index (χ0n) is 54.2. The Labute approximate surface area is 558 Å². The van der Waals surface area contributed by atoms with E-state index < -0.39 is 110 Å². The fourth-order valence-electron chi connectivity index (χ4n) is 12.1. The van der Waals surface area contributed by atoms with E-state index in [2.05, 4.69) is 10.6 Å². The van der Waals surface area contributed by atoms with E-state index in [4.69, 9.17) is 28.4 Å².